The molecule has 0 amide bonds. The first kappa shape index (κ1) is 11.8. The van der Waals surface area contributed by atoms with Gasteiger partial charge in [0.2, 0.25) is 5.95 Å². The van der Waals surface area contributed by atoms with Crippen LogP contribution in [0.15, 0.2) is 30.8 Å². The van der Waals surface area contributed by atoms with E-state index in [1.807, 2.05) is 24.3 Å². The van der Waals surface area contributed by atoms with Gasteiger partial charge < -0.3 is 5.73 Å². The number of nitrogens with one attached hydrogen (secondary N) is 2. The lowest BCUT2D eigenvalue weighted by atomic mass is 10.1. The Kier molecular flexibility index (Phi) is 3.33. The standard InChI is InChI=1S/C11H13N7/c1-2-8-3-5-9(6-4-8)7-18-11(14-10(12)13)15-16-17-18/h2-6H,1,7H2,(H4,12,13,14,15,17). The molecule has 7 heteroatoms. The molecule has 0 radical (unpaired) electrons. The van der Waals surface area contributed by atoms with Gasteiger partial charge in [0, 0.05) is 0 Å². The van der Waals surface area contributed by atoms with Crippen molar-refractivity contribution >= 4 is 18.0 Å². The number of aromatic nitrogens is 4. The highest BCUT2D eigenvalue weighted by Gasteiger charge is 2.06. The minimum Gasteiger partial charge on any atom is -0.370 e. The van der Waals surface area contributed by atoms with Gasteiger partial charge in [-0.1, -0.05) is 42.0 Å². The van der Waals surface area contributed by atoms with Gasteiger partial charge in [-0.15, -0.1) is 0 Å². The summed E-state index contributed by atoms with van der Waals surface area (Å²) < 4.78 is 1.53. The molecule has 2 aromatic rings. The average Bonchev–Trinajstić information content (AvgIpc) is 2.77. The SMILES string of the molecule is C=Cc1ccc(Cn2nnnc2NC(=N)N)cc1. The topological polar surface area (TPSA) is 106 Å². The van der Waals surface area contributed by atoms with Crippen molar-refractivity contribution in [3.05, 3.63) is 42.0 Å². The molecule has 0 fully saturated rings. The summed E-state index contributed by atoms with van der Waals surface area (Å²) in [5.74, 6) is 0.142. The summed E-state index contributed by atoms with van der Waals surface area (Å²) in [7, 11) is 0. The predicted molar refractivity (Wildman–Crippen MR) is 69.0 cm³/mol. The molecule has 2 rings (SSSR count). The zero-order chi connectivity index (χ0) is 13.0. The van der Waals surface area contributed by atoms with Crippen molar-refractivity contribution in [2.24, 2.45) is 5.73 Å². The number of hydrogen-bond acceptors (Lipinski definition) is 4. The van der Waals surface area contributed by atoms with Gasteiger partial charge in [0.05, 0.1) is 6.54 Å². The molecule has 4 N–H and O–H groups in total. The number of nitrogens with zero attached hydrogens (tertiary/aromatic N) is 4. The van der Waals surface area contributed by atoms with Crippen LogP contribution in [0.1, 0.15) is 11.1 Å². The highest BCUT2D eigenvalue weighted by molar-refractivity contribution is 5.87. The van der Waals surface area contributed by atoms with E-state index in [1.54, 1.807) is 6.08 Å². The normalized spacial score (nSPS) is 10.0. The summed E-state index contributed by atoms with van der Waals surface area (Å²) in [6.45, 7) is 4.20. The zero-order valence-electron chi connectivity index (χ0n) is 9.67. The van der Waals surface area contributed by atoms with Crippen LogP contribution in [0.25, 0.3) is 6.08 Å². The number of nitrogens with two attached hydrogens (primary N) is 1. The van der Waals surface area contributed by atoms with E-state index in [2.05, 4.69) is 27.4 Å². The van der Waals surface area contributed by atoms with Gasteiger partial charge in [0.1, 0.15) is 0 Å². The van der Waals surface area contributed by atoms with Crippen molar-refractivity contribution < 1.29 is 0 Å². The molecule has 0 aliphatic carbocycles. The molecule has 0 bridgehead atoms. The molecule has 0 unspecified atom stereocenters. The Hall–Kier alpha value is -2.70. The fourth-order valence-corrected chi connectivity index (χ4v) is 1.45. The number of guanidine groups is 1. The van der Waals surface area contributed by atoms with Crippen LogP contribution >= 0.6 is 0 Å². The fourth-order valence-electron chi connectivity index (χ4n) is 1.45. The number of benzene rings is 1. The molecule has 0 spiro atoms. The zero-order valence-corrected chi connectivity index (χ0v) is 9.67. The molecular formula is C11H13N7. The van der Waals surface area contributed by atoms with Gasteiger partial charge in [-0.25, -0.2) is 4.68 Å². The summed E-state index contributed by atoms with van der Waals surface area (Å²) in [5, 5.41) is 20.8. The Morgan fingerprint density at radius 1 is 1.44 bits per heavy atom. The van der Waals surface area contributed by atoms with Gasteiger partial charge in [0.25, 0.3) is 0 Å². The summed E-state index contributed by atoms with van der Waals surface area (Å²) in [6, 6.07) is 7.86. The third kappa shape index (κ3) is 2.70. The second-order valence-corrected chi connectivity index (χ2v) is 3.64. The lowest BCUT2D eigenvalue weighted by Crippen LogP contribution is -2.23. The molecule has 0 saturated heterocycles. The van der Waals surface area contributed by atoms with Gasteiger partial charge in [-0.3, -0.25) is 10.7 Å². The maximum atomic E-state index is 7.15. The van der Waals surface area contributed by atoms with Crippen molar-refractivity contribution in [3.8, 4) is 0 Å². The van der Waals surface area contributed by atoms with Crippen LogP contribution in [0.2, 0.25) is 0 Å². The first-order chi connectivity index (χ1) is 8.69. The second kappa shape index (κ2) is 5.09. The maximum Gasteiger partial charge on any atom is 0.249 e. The minimum atomic E-state index is -0.201. The molecule has 1 aromatic carbocycles. The van der Waals surface area contributed by atoms with Crippen LogP contribution in [0.4, 0.5) is 5.95 Å². The third-order valence-corrected chi connectivity index (χ3v) is 2.33. The number of rotatable bonds is 4. The van der Waals surface area contributed by atoms with Crippen LogP contribution in [0, 0.1) is 5.41 Å². The largest absolute Gasteiger partial charge is 0.370 e. The van der Waals surface area contributed by atoms with Crippen LogP contribution in [-0.2, 0) is 6.54 Å². The monoisotopic (exact) mass is 243 g/mol. The number of anilines is 1. The smallest absolute Gasteiger partial charge is 0.249 e. The Labute approximate surface area is 104 Å². The Bertz CT molecular complexity index is 555. The molecule has 92 valence electrons. The van der Waals surface area contributed by atoms with Gasteiger partial charge >= 0.3 is 0 Å². The van der Waals surface area contributed by atoms with E-state index < -0.39 is 0 Å². The fraction of sp³-hybridized carbons (Fsp3) is 0.0909. The van der Waals surface area contributed by atoms with Crippen molar-refractivity contribution in [3.63, 3.8) is 0 Å². The highest BCUT2D eigenvalue weighted by atomic mass is 15.6. The summed E-state index contributed by atoms with van der Waals surface area (Å²) in [6.07, 6.45) is 1.78. The molecule has 0 saturated carbocycles. The lowest BCUT2D eigenvalue weighted by Gasteiger charge is -2.05. The third-order valence-electron chi connectivity index (χ3n) is 2.33. The van der Waals surface area contributed by atoms with Crippen molar-refractivity contribution in [1.29, 1.82) is 5.41 Å². The quantitative estimate of drug-likeness (QED) is 0.540. The maximum absolute atomic E-state index is 7.15. The van der Waals surface area contributed by atoms with Gasteiger partial charge in [-0.05, 0) is 21.6 Å². The Balaban J connectivity index is 2.15. The van der Waals surface area contributed by atoms with E-state index in [-0.39, 0.29) is 5.96 Å². The van der Waals surface area contributed by atoms with E-state index in [4.69, 9.17) is 11.1 Å². The van der Waals surface area contributed by atoms with Crippen LogP contribution < -0.4 is 11.1 Å². The molecule has 1 heterocycles. The number of tetrazole rings is 1. The first-order valence-corrected chi connectivity index (χ1v) is 5.27. The predicted octanol–water partition coefficient (Wildman–Crippen LogP) is 0.670. The Morgan fingerprint density at radius 3 is 2.78 bits per heavy atom. The highest BCUT2D eigenvalue weighted by Crippen LogP contribution is 2.09. The number of hydrogen-bond donors (Lipinski definition) is 3. The average molecular weight is 243 g/mol. The molecule has 0 aliphatic heterocycles. The van der Waals surface area contributed by atoms with E-state index in [0.29, 0.717) is 12.5 Å². The van der Waals surface area contributed by atoms with E-state index in [9.17, 15) is 0 Å². The Morgan fingerprint density at radius 2 is 2.17 bits per heavy atom. The van der Waals surface area contributed by atoms with E-state index in [0.717, 1.165) is 11.1 Å². The van der Waals surface area contributed by atoms with Crippen molar-refractivity contribution in [2.75, 3.05) is 5.32 Å². The lowest BCUT2D eigenvalue weighted by molar-refractivity contribution is 0.654. The van der Waals surface area contributed by atoms with E-state index >= 15 is 0 Å². The molecule has 1 aromatic heterocycles. The summed E-state index contributed by atoms with van der Waals surface area (Å²) in [4.78, 5) is 0. The van der Waals surface area contributed by atoms with Crippen molar-refractivity contribution in [2.45, 2.75) is 6.54 Å². The molecule has 0 atom stereocenters. The molecule has 0 aliphatic rings. The molecule has 18 heavy (non-hydrogen) atoms. The molecule has 7 nitrogen and oxygen atoms in total. The summed E-state index contributed by atoms with van der Waals surface area (Å²) in [5.41, 5.74) is 7.33. The second-order valence-electron chi connectivity index (χ2n) is 3.64. The van der Waals surface area contributed by atoms with E-state index in [1.165, 1.54) is 4.68 Å². The van der Waals surface area contributed by atoms with Crippen LogP contribution in [0.5, 0.6) is 0 Å². The van der Waals surface area contributed by atoms with Gasteiger partial charge in [-0.2, -0.15) is 0 Å². The van der Waals surface area contributed by atoms with Crippen LogP contribution in [-0.4, -0.2) is 26.2 Å². The van der Waals surface area contributed by atoms with Crippen molar-refractivity contribution in [1.82, 2.24) is 20.2 Å². The molecular weight excluding hydrogens is 230 g/mol. The van der Waals surface area contributed by atoms with Gasteiger partial charge in [0.15, 0.2) is 5.96 Å². The van der Waals surface area contributed by atoms with Crippen LogP contribution in [0.3, 0.4) is 0 Å². The summed E-state index contributed by atoms with van der Waals surface area (Å²) >= 11 is 0. The first-order valence-electron chi connectivity index (χ1n) is 5.27. The minimum absolute atomic E-state index is 0.201.